The second-order valence-corrected chi connectivity index (χ2v) is 6.48. The van der Waals surface area contributed by atoms with Crippen LogP contribution in [0.4, 0.5) is 0 Å². The van der Waals surface area contributed by atoms with E-state index in [1.165, 1.54) is 0 Å². The maximum absolute atomic E-state index is 13.1. The first-order valence-electron chi connectivity index (χ1n) is 8.19. The van der Waals surface area contributed by atoms with Crippen molar-refractivity contribution in [3.05, 3.63) is 53.9 Å². The number of carbonyl (C=O) groups is 1. The maximum atomic E-state index is 13.1. The highest BCUT2D eigenvalue weighted by Gasteiger charge is 2.50. The van der Waals surface area contributed by atoms with Crippen molar-refractivity contribution in [2.24, 2.45) is 0 Å². The van der Waals surface area contributed by atoms with Crippen LogP contribution in [0.1, 0.15) is 29.8 Å². The third-order valence-electron chi connectivity index (χ3n) is 4.60. The van der Waals surface area contributed by atoms with Gasteiger partial charge >= 0.3 is 0 Å². The zero-order valence-electron chi connectivity index (χ0n) is 14.4. The second kappa shape index (κ2) is 6.65. The largest absolute Gasteiger partial charge is 0.347 e. The summed E-state index contributed by atoms with van der Waals surface area (Å²) in [6.45, 7) is 3.49. The number of aromatic nitrogens is 3. The Morgan fingerprint density at radius 3 is 2.71 bits per heavy atom. The third kappa shape index (κ3) is 2.89. The molecule has 0 N–H and O–H groups in total. The fraction of sp³-hybridized carbons (Fsp3) is 0.444. The normalized spacial score (nSPS) is 21.0. The quantitative estimate of drug-likeness (QED) is 0.857. The molecule has 0 aromatic carbocycles. The number of aryl methyl sites for hydroxylation is 1. The van der Waals surface area contributed by atoms with Gasteiger partial charge in [-0.3, -0.25) is 24.6 Å². The van der Waals surface area contributed by atoms with Crippen LogP contribution in [0, 0.1) is 6.92 Å². The highest BCUT2D eigenvalue weighted by molar-refractivity contribution is 5.87. The SMILES string of the molecule is Cc1ccc(CN2CCCC2(C(=O)N(C)C)c2cnccn2)cn1. The monoisotopic (exact) mass is 325 g/mol. The van der Waals surface area contributed by atoms with Gasteiger partial charge in [-0.1, -0.05) is 6.07 Å². The predicted molar refractivity (Wildman–Crippen MR) is 91.0 cm³/mol. The highest BCUT2D eigenvalue weighted by atomic mass is 16.2. The first-order valence-corrected chi connectivity index (χ1v) is 8.19. The van der Waals surface area contributed by atoms with Crippen LogP contribution in [-0.4, -0.2) is 51.3 Å². The van der Waals surface area contributed by atoms with E-state index < -0.39 is 5.54 Å². The molecule has 3 rings (SSSR count). The molecule has 1 atom stereocenters. The lowest BCUT2D eigenvalue weighted by Gasteiger charge is -2.38. The molecular weight excluding hydrogens is 302 g/mol. The minimum Gasteiger partial charge on any atom is -0.347 e. The van der Waals surface area contributed by atoms with Gasteiger partial charge in [-0.15, -0.1) is 0 Å². The first-order chi connectivity index (χ1) is 11.5. The molecule has 0 radical (unpaired) electrons. The standard InChI is InChI=1S/C18H23N5O/c1-14-5-6-15(11-21-14)13-23-10-4-7-18(23,17(24)22(2)3)16-12-19-8-9-20-16/h5-6,8-9,11-12H,4,7,10,13H2,1-3H3. The van der Waals surface area contributed by atoms with Gasteiger partial charge in [-0.2, -0.15) is 0 Å². The average Bonchev–Trinajstić information content (AvgIpc) is 3.01. The fourth-order valence-corrected chi connectivity index (χ4v) is 3.43. The maximum Gasteiger partial charge on any atom is 0.248 e. The van der Waals surface area contributed by atoms with Gasteiger partial charge in [0.2, 0.25) is 5.91 Å². The number of hydrogen-bond donors (Lipinski definition) is 0. The van der Waals surface area contributed by atoms with E-state index in [2.05, 4.69) is 25.9 Å². The molecule has 2 aromatic rings. The van der Waals surface area contributed by atoms with E-state index in [1.807, 2.05) is 19.2 Å². The van der Waals surface area contributed by atoms with Gasteiger partial charge in [0, 0.05) is 44.9 Å². The molecule has 24 heavy (non-hydrogen) atoms. The Kier molecular flexibility index (Phi) is 4.57. The Morgan fingerprint density at radius 1 is 1.25 bits per heavy atom. The number of hydrogen-bond acceptors (Lipinski definition) is 5. The van der Waals surface area contributed by atoms with Crippen molar-refractivity contribution in [3.63, 3.8) is 0 Å². The molecule has 0 spiro atoms. The van der Waals surface area contributed by atoms with Crippen LogP contribution in [0.3, 0.4) is 0 Å². The Bertz CT molecular complexity index is 701. The summed E-state index contributed by atoms with van der Waals surface area (Å²) in [5.41, 5.74) is 2.07. The van der Waals surface area contributed by atoms with E-state index in [1.54, 1.807) is 37.6 Å². The summed E-state index contributed by atoms with van der Waals surface area (Å²) in [7, 11) is 3.59. The molecule has 1 aliphatic rings. The zero-order chi connectivity index (χ0) is 17.2. The Balaban J connectivity index is 2.00. The number of amides is 1. The van der Waals surface area contributed by atoms with E-state index in [4.69, 9.17) is 0 Å². The topological polar surface area (TPSA) is 62.2 Å². The molecule has 1 saturated heterocycles. The average molecular weight is 325 g/mol. The molecule has 6 heteroatoms. The molecule has 0 saturated carbocycles. The van der Waals surface area contributed by atoms with Crippen molar-refractivity contribution in [1.29, 1.82) is 0 Å². The van der Waals surface area contributed by atoms with E-state index in [0.29, 0.717) is 6.54 Å². The Labute approximate surface area is 142 Å². The summed E-state index contributed by atoms with van der Waals surface area (Å²) in [5.74, 6) is 0.0561. The van der Waals surface area contributed by atoms with Gasteiger partial charge < -0.3 is 4.90 Å². The summed E-state index contributed by atoms with van der Waals surface area (Å²) >= 11 is 0. The highest BCUT2D eigenvalue weighted by Crippen LogP contribution is 2.40. The van der Waals surface area contributed by atoms with Crippen LogP contribution < -0.4 is 0 Å². The molecule has 2 aromatic heterocycles. The summed E-state index contributed by atoms with van der Waals surface area (Å²) in [5, 5.41) is 0. The van der Waals surface area contributed by atoms with Gasteiger partial charge in [0.25, 0.3) is 0 Å². The summed E-state index contributed by atoms with van der Waals surface area (Å²) in [6, 6.07) is 4.07. The van der Waals surface area contributed by atoms with Crippen molar-refractivity contribution < 1.29 is 4.79 Å². The number of carbonyl (C=O) groups excluding carboxylic acids is 1. The van der Waals surface area contributed by atoms with E-state index in [9.17, 15) is 4.79 Å². The number of nitrogens with zero attached hydrogens (tertiary/aromatic N) is 5. The molecule has 0 aliphatic carbocycles. The van der Waals surface area contributed by atoms with E-state index in [-0.39, 0.29) is 5.91 Å². The van der Waals surface area contributed by atoms with Gasteiger partial charge in [0.1, 0.15) is 5.54 Å². The molecule has 3 heterocycles. The van der Waals surface area contributed by atoms with Crippen molar-refractivity contribution in [2.45, 2.75) is 31.8 Å². The molecule has 6 nitrogen and oxygen atoms in total. The predicted octanol–water partition coefficient (Wildman–Crippen LogP) is 1.76. The smallest absolute Gasteiger partial charge is 0.248 e. The van der Waals surface area contributed by atoms with Crippen LogP contribution in [0.5, 0.6) is 0 Å². The number of rotatable bonds is 4. The van der Waals surface area contributed by atoms with Crippen LogP contribution in [0.25, 0.3) is 0 Å². The summed E-state index contributed by atoms with van der Waals surface area (Å²) in [4.78, 5) is 30.0. The molecular formula is C18H23N5O. The van der Waals surface area contributed by atoms with Crippen molar-refractivity contribution in [2.75, 3.05) is 20.6 Å². The molecule has 1 fully saturated rings. The lowest BCUT2D eigenvalue weighted by atomic mass is 9.90. The minimum absolute atomic E-state index is 0.0561. The van der Waals surface area contributed by atoms with E-state index >= 15 is 0 Å². The summed E-state index contributed by atoms with van der Waals surface area (Å²) < 4.78 is 0. The summed E-state index contributed by atoms with van der Waals surface area (Å²) in [6.07, 6.45) is 8.60. The van der Waals surface area contributed by atoms with E-state index in [0.717, 1.165) is 36.3 Å². The number of pyridine rings is 1. The van der Waals surface area contributed by atoms with Crippen LogP contribution in [0.15, 0.2) is 36.9 Å². The van der Waals surface area contributed by atoms with Gasteiger partial charge in [-0.05, 0) is 37.9 Å². The third-order valence-corrected chi connectivity index (χ3v) is 4.60. The molecule has 1 aliphatic heterocycles. The lowest BCUT2D eigenvalue weighted by Crippen LogP contribution is -2.52. The molecule has 1 unspecified atom stereocenters. The first kappa shape index (κ1) is 16.5. The lowest BCUT2D eigenvalue weighted by molar-refractivity contribution is -0.141. The van der Waals surface area contributed by atoms with Crippen molar-refractivity contribution >= 4 is 5.91 Å². The minimum atomic E-state index is -0.747. The zero-order valence-corrected chi connectivity index (χ0v) is 14.4. The van der Waals surface area contributed by atoms with Crippen molar-refractivity contribution in [3.8, 4) is 0 Å². The Hall–Kier alpha value is -2.34. The van der Waals surface area contributed by atoms with Gasteiger partial charge in [0.05, 0.1) is 11.9 Å². The Morgan fingerprint density at radius 2 is 2.08 bits per heavy atom. The van der Waals surface area contributed by atoms with Crippen molar-refractivity contribution in [1.82, 2.24) is 24.8 Å². The van der Waals surface area contributed by atoms with Gasteiger partial charge in [-0.25, -0.2) is 0 Å². The van der Waals surface area contributed by atoms with Crippen LogP contribution in [0.2, 0.25) is 0 Å². The van der Waals surface area contributed by atoms with Crippen LogP contribution >= 0.6 is 0 Å². The number of likely N-dealkylation sites (N-methyl/N-ethyl adjacent to an activating group) is 1. The molecule has 1 amide bonds. The number of likely N-dealkylation sites (tertiary alicyclic amines) is 1. The fourth-order valence-electron chi connectivity index (χ4n) is 3.43. The molecule has 0 bridgehead atoms. The molecule has 126 valence electrons. The second-order valence-electron chi connectivity index (χ2n) is 6.48. The van der Waals surface area contributed by atoms with Crippen LogP contribution in [-0.2, 0) is 16.9 Å². The van der Waals surface area contributed by atoms with Gasteiger partial charge in [0.15, 0.2) is 0 Å².